The first-order chi connectivity index (χ1) is 15.4. The van der Waals surface area contributed by atoms with Gasteiger partial charge in [-0.25, -0.2) is 17.8 Å². The van der Waals surface area contributed by atoms with Crippen molar-refractivity contribution < 1.29 is 22.3 Å². The molecule has 1 saturated heterocycles. The third-order valence-corrected chi connectivity index (χ3v) is 8.06. The SMILES string of the molecule is COc1ccc(-c2nc(C(=O)N3CCCN(S(=O)(=O)c4ccc(F)cc4)CC3)cs2)cc1. The Morgan fingerprint density at radius 2 is 1.75 bits per heavy atom. The molecule has 7 nitrogen and oxygen atoms in total. The van der Waals surface area contributed by atoms with E-state index in [2.05, 4.69) is 4.98 Å². The molecule has 0 radical (unpaired) electrons. The summed E-state index contributed by atoms with van der Waals surface area (Å²) in [6, 6.07) is 12.2. The number of benzene rings is 2. The minimum atomic E-state index is -3.75. The van der Waals surface area contributed by atoms with Gasteiger partial charge in [0.05, 0.1) is 12.0 Å². The second-order valence-electron chi connectivity index (χ2n) is 7.27. The van der Waals surface area contributed by atoms with Crippen LogP contribution in [0.2, 0.25) is 0 Å². The van der Waals surface area contributed by atoms with Crippen molar-refractivity contribution in [2.45, 2.75) is 11.3 Å². The number of thiazole rings is 1. The first-order valence-electron chi connectivity index (χ1n) is 10.0. The minimum absolute atomic E-state index is 0.0438. The summed E-state index contributed by atoms with van der Waals surface area (Å²) >= 11 is 1.38. The highest BCUT2D eigenvalue weighted by atomic mass is 32.2. The molecule has 3 aromatic rings. The maximum atomic E-state index is 13.2. The molecule has 1 aliphatic rings. The van der Waals surface area contributed by atoms with Crippen molar-refractivity contribution in [2.24, 2.45) is 0 Å². The van der Waals surface area contributed by atoms with Crippen LogP contribution in [0.4, 0.5) is 4.39 Å². The summed E-state index contributed by atoms with van der Waals surface area (Å²) in [6.07, 6.45) is 0.502. The monoisotopic (exact) mass is 475 g/mol. The van der Waals surface area contributed by atoms with Crippen LogP contribution in [0.1, 0.15) is 16.9 Å². The normalized spacial score (nSPS) is 15.4. The van der Waals surface area contributed by atoms with Gasteiger partial charge in [-0.1, -0.05) is 0 Å². The van der Waals surface area contributed by atoms with Crippen LogP contribution in [0.15, 0.2) is 58.8 Å². The molecule has 168 valence electrons. The van der Waals surface area contributed by atoms with Crippen molar-refractivity contribution in [2.75, 3.05) is 33.3 Å². The maximum Gasteiger partial charge on any atom is 0.273 e. The second kappa shape index (κ2) is 9.35. The number of halogens is 1. The predicted octanol–water partition coefficient (Wildman–Crippen LogP) is 3.49. The molecule has 1 aliphatic heterocycles. The van der Waals surface area contributed by atoms with Crippen molar-refractivity contribution in [1.82, 2.24) is 14.2 Å². The van der Waals surface area contributed by atoms with E-state index >= 15 is 0 Å². The highest BCUT2D eigenvalue weighted by molar-refractivity contribution is 7.89. The van der Waals surface area contributed by atoms with Gasteiger partial charge < -0.3 is 9.64 Å². The van der Waals surface area contributed by atoms with Crippen molar-refractivity contribution in [3.8, 4) is 16.3 Å². The van der Waals surface area contributed by atoms with E-state index in [0.717, 1.165) is 28.5 Å². The zero-order valence-corrected chi connectivity index (χ0v) is 19.0. The van der Waals surface area contributed by atoms with Crippen LogP contribution >= 0.6 is 11.3 Å². The summed E-state index contributed by atoms with van der Waals surface area (Å²) < 4.78 is 45.4. The lowest BCUT2D eigenvalue weighted by molar-refractivity contribution is 0.0759. The third-order valence-electron chi connectivity index (χ3n) is 5.25. The number of nitrogens with zero attached hydrogens (tertiary/aromatic N) is 3. The summed E-state index contributed by atoms with van der Waals surface area (Å²) in [5, 5.41) is 2.45. The number of amides is 1. The fourth-order valence-corrected chi connectivity index (χ4v) is 5.76. The maximum absolute atomic E-state index is 13.2. The topological polar surface area (TPSA) is 79.8 Å². The van der Waals surface area contributed by atoms with Gasteiger partial charge in [0.25, 0.3) is 5.91 Å². The van der Waals surface area contributed by atoms with E-state index in [-0.39, 0.29) is 30.4 Å². The van der Waals surface area contributed by atoms with Gasteiger partial charge in [-0.05, 0) is 55.0 Å². The Morgan fingerprint density at radius 3 is 2.44 bits per heavy atom. The van der Waals surface area contributed by atoms with E-state index in [9.17, 15) is 17.6 Å². The largest absolute Gasteiger partial charge is 0.497 e. The zero-order chi connectivity index (χ0) is 22.7. The van der Waals surface area contributed by atoms with Crippen molar-refractivity contribution in [1.29, 1.82) is 0 Å². The van der Waals surface area contributed by atoms with Crippen LogP contribution in [0, 0.1) is 5.82 Å². The van der Waals surface area contributed by atoms with E-state index in [1.807, 2.05) is 24.3 Å². The van der Waals surface area contributed by atoms with Gasteiger partial charge in [0, 0.05) is 37.1 Å². The van der Waals surface area contributed by atoms with Crippen molar-refractivity contribution in [3.63, 3.8) is 0 Å². The average molecular weight is 476 g/mol. The fourth-order valence-electron chi connectivity index (χ4n) is 3.49. The van der Waals surface area contributed by atoms with Gasteiger partial charge in [-0.15, -0.1) is 11.3 Å². The number of hydrogen-bond acceptors (Lipinski definition) is 6. The highest BCUT2D eigenvalue weighted by Crippen LogP contribution is 2.26. The van der Waals surface area contributed by atoms with Gasteiger partial charge in [-0.3, -0.25) is 4.79 Å². The molecule has 0 saturated carbocycles. The third kappa shape index (κ3) is 4.67. The Balaban J connectivity index is 1.45. The number of ether oxygens (including phenoxy) is 1. The fraction of sp³-hybridized carbons (Fsp3) is 0.273. The van der Waals surface area contributed by atoms with Crippen LogP contribution in [-0.2, 0) is 10.0 Å². The highest BCUT2D eigenvalue weighted by Gasteiger charge is 2.29. The summed E-state index contributed by atoms with van der Waals surface area (Å²) in [7, 11) is -2.15. The lowest BCUT2D eigenvalue weighted by Crippen LogP contribution is -2.37. The van der Waals surface area contributed by atoms with Crippen LogP contribution in [-0.4, -0.2) is 61.8 Å². The molecule has 2 aromatic carbocycles. The van der Waals surface area contributed by atoms with E-state index in [1.165, 1.54) is 27.8 Å². The molecule has 0 spiro atoms. The lowest BCUT2D eigenvalue weighted by atomic mass is 10.2. The summed E-state index contributed by atoms with van der Waals surface area (Å²) in [5.74, 6) is 0.0298. The van der Waals surface area contributed by atoms with Crippen molar-refractivity contribution >= 4 is 27.3 Å². The Hall–Kier alpha value is -2.82. The molecule has 10 heteroatoms. The molecular weight excluding hydrogens is 453 g/mol. The molecule has 1 amide bonds. The van der Waals surface area contributed by atoms with Gasteiger partial charge in [0.15, 0.2) is 0 Å². The summed E-state index contributed by atoms with van der Waals surface area (Å²) in [5.41, 5.74) is 1.23. The van der Waals surface area contributed by atoms with E-state index in [1.54, 1.807) is 17.4 Å². The minimum Gasteiger partial charge on any atom is -0.497 e. The van der Waals surface area contributed by atoms with E-state index < -0.39 is 15.8 Å². The molecule has 1 fully saturated rings. The van der Waals surface area contributed by atoms with Crippen molar-refractivity contribution in [3.05, 3.63) is 65.4 Å². The second-order valence-corrected chi connectivity index (χ2v) is 10.1. The summed E-state index contributed by atoms with van der Waals surface area (Å²) in [4.78, 5) is 19.2. The van der Waals surface area contributed by atoms with Gasteiger partial charge in [-0.2, -0.15) is 4.31 Å². The number of sulfonamides is 1. The Bertz CT molecular complexity index is 1190. The number of methoxy groups -OCH3 is 1. The molecule has 32 heavy (non-hydrogen) atoms. The van der Waals surface area contributed by atoms with E-state index in [0.29, 0.717) is 18.7 Å². The molecule has 4 rings (SSSR count). The zero-order valence-electron chi connectivity index (χ0n) is 17.4. The molecule has 0 atom stereocenters. The Kier molecular flexibility index (Phi) is 6.54. The molecule has 0 unspecified atom stereocenters. The Labute approximate surface area is 190 Å². The molecule has 0 N–H and O–H groups in total. The number of carbonyl (C=O) groups excluding carboxylic acids is 1. The molecule has 2 heterocycles. The number of carbonyl (C=O) groups is 1. The summed E-state index contributed by atoms with van der Waals surface area (Å²) in [6.45, 7) is 1.15. The molecule has 1 aromatic heterocycles. The first kappa shape index (κ1) is 22.4. The van der Waals surface area contributed by atoms with Crippen LogP contribution in [0.25, 0.3) is 10.6 Å². The quantitative estimate of drug-likeness (QED) is 0.564. The van der Waals surface area contributed by atoms with Crippen LogP contribution < -0.4 is 4.74 Å². The first-order valence-corrected chi connectivity index (χ1v) is 12.4. The molecular formula is C22H22FN3O4S2. The average Bonchev–Trinajstić information content (AvgIpc) is 3.16. The van der Waals surface area contributed by atoms with Crippen LogP contribution in [0.5, 0.6) is 5.75 Å². The van der Waals surface area contributed by atoms with Gasteiger partial charge in [0.2, 0.25) is 10.0 Å². The van der Waals surface area contributed by atoms with Gasteiger partial charge in [0.1, 0.15) is 22.3 Å². The van der Waals surface area contributed by atoms with E-state index in [4.69, 9.17) is 4.74 Å². The Morgan fingerprint density at radius 1 is 1.03 bits per heavy atom. The number of aromatic nitrogens is 1. The number of hydrogen-bond donors (Lipinski definition) is 0. The predicted molar refractivity (Wildman–Crippen MR) is 120 cm³/mol. The smallest absolute Gasteiger partial charge is 0.273 e. The molecule has 0 bridgehead atoms. The molecule has 0 aliphatic carbocycles. The van der Waals surface area contributed by atoms with Crippen LogP contribution in [0.3, 0.4) is 0 Å². The van der Waals surface area contributed by atoms with Gasteiger partial charge >= 0.3 is 0 Å². The standard InChI is InChI=1S/C22H22FN3O4S2/c1-30-18-7-3-16(4-8-18)21-24-20(15-31-21)22(27)25-11-2-12-26(14-13-25)32(28,29)19-9-5-17(23)6-10-19/h3-10,15H,2,11-14H2,1H3. The number of rotatable bonds is 5. The lowest BCUT2D eigenvalue weighted by Gasteiger charge is -2.21.